The third kappa shape index (κ3) is 5.45. The zero-order chi connectivity index (χ0) is 19.9. The number of hydrogen-bond acceptors (Lipinski definition) is 4. The summed E-state index contributed by atoms with van der Waals surface area (Å²) in [7, 11) is 0. The van der Waals surface area contributed by atoms with Crippen LogP contribution < -0.4 is 10.7 Å². The first kappa shape index (κ1) is 19.7. The molecule has 0 radical (unpaired) electrons. The van der Waals surface area contributed by atoms with Gasteiger partial charge in [-0.2, -0.15) is 5.10 Å². The lowest BCUT2D eigenvalue weighted by molar-refractivity contribution is -0.120. The predicted octanol–water partition coefficient (Wildman–Crippen LogP) is 4.13. The minimum Gasteiger partial charge on any atom is -0.455 e. The van der Waals surface area contributed by atoms with Gasteiger partial charge in [0.1, 0.15) is 11.5 Å². The quantitative estimate of drug-likeness (QED) is 0.468. The Kier molecular flexibility index (Phi) is 6.47. The topological polar surface area (TPSA) is 83.7 Å². The molecule has 0 bridgehead atoms. The van der Waals surface area contributed by atoms with Gasteiger partial charge in [0.2, 0.25) is 0 Å². The summed E-state index contributed by atoms with van der Waals surface area (Å²) in [4.78, 5) is 23.7. The summed E-state index contributed by atoms with van der Waals surface area (Å²) < 4.78 is 5.63. The van der Waals surface area contributed by atoms with Crippen molar-refractivity contribution in [2.75, 3.05) is 6.54 Å². The summed E-state index contributed by atoms with van der Waals surface area (Å²) in [5.41, 5.74) is 3.60. The van der Waals surface area contributed by atoms with E-state index in [1.165, 1.54) is 6.21 Å². The van der Waals surface area contributed by atoms with Crippen LogP contribution in [0.15, 0.2) is 70.2 Å². The summed E-state index contributed by atoms with van der Waals surface area (Å²) in [5, 5.41) is 7.48. The molecule has 6 nitrogen and oxygen atoms in total. The fourth-order valence-corrected chi connectivity index (χ4v) is 2.51. The molecule has 2 amide bonds. The molecule has 142 valence electrons. The van der Waals surface area contributed by atoms with Crippen LogP contribution in [0.4, 0.5) is 0 Å². The van der Waals surface area contributed by atoms with Crippen LogP contribution in [0.5, 0.6) is 0 Å². The lowest BCUT2D eigenvalue weighted by atomic mass is 10.2. The molecule has 0 aliphatic carbocycles. The molecule has 3 rings (SSSR count). The fourth-order valence-electron chi connectivity index (χ4n) is 2.26. The first-order valence-corrected chi connectivity index (χ1v) is 8.98. The standard InChI is InChI=1S/C20H15Cl2N3O3/c21-15-5-1-13(2-6-15)18-10-9-17(28-18)11-24-25-19(26)12-23-20(27)14-3-7-16(22)8-4-14/h1-11H,12H2,(H,23,27)(H,25,26)/b24-11-. The average Bonchev–Trinajstić information content (AvgIpc) is 3.16. The number of hydrogen-bond donors (Lipinski definition) is 2. The molecular formula is C20H15Cl2N3O3. The molecule has 3 aromatic rings. The van der Waals surface area contributed by atoms with Gasteiger partial charge in [0.25, 0.3) is 11.8 Å². The van der Waals surface area contributed by atoms with Gasteiger partial charge >= 0.3 is 0 Å². The lowest BCUT2D eigenvalue weighted by Gasteiger charge is -2.04. The minimum absolute atomic E-state index is 0.215. The largest absolute Gasteiger partial charge is 0.455 e. The summed E-state index contributed by atoms with van der Waals surface area (Å²) in [6.07, 6.45) is 1.37. The number of hydrazone groups is 1. The highest BCUT2D eigenvalue weighted by atomic mass is 35.5. The Morgan fingerprint density at radius 2 is 1.57 bits per heavy atom. The number of nitrogens with one attached hydrogen (secondary N) is 2. The zero-order valence-corrected chi connectivity index (χ0v) is 16.0. The van der Waals surface area contributed by atoms with Gasteiger partial charge in [0.15, 0.2) is 0 Å². The number of nitrogens with zero attached hydrogens (tertiary/aromatic N) is 1. The van der Waals surface area contributed by atoms with Crippen molar-refractivity contribution in [2.24, 2.45) is 5.10 Å². The minimum atomic E-state index is -0.469. The molecule has 0 atom stereocenters. The van der Waals surface area contributed by atoms with E-state index < -0.39 is 5.91 Å². The number of halogens is 2. The maximum atomic E-state index is 11.9. The van der Waals surface area contributed by atoms with E-state index in [2.05, 4.69) is 15.8 Å². The second kappa shape index (κ2) is 9.21. The Hall–Kier alpha value is -3.09. The van der Waals surface area contributed by atoms with Gasteiger partial charge in [0, 0.05) is 21.2 Å². The van der Waals surface area contributed by atoms with Gasteiger partial charge in [-0.05, 0) is 60.7 Å². The molecule has 2 N–H and O–H groups in total. The van der Waals surface area contributed by atoms with Crippen molar-refractivity contribution in [3.63, 3.8) is 0 Å². The molecule has 0 aliphatic rings. The summed E-state index contributed by atoms with van der Waals surface area (Å²) in [6.45, 7) is -0.215. The highest BCUT2D eigenvalue weighted by molar-refractivity contribution is 6.30. The maximum Gasteiger partial charge on any atom is 0.259 e. The maximum absolute atomic E-state index is 11.9. The van der Waals surface area contributed by atoms with Crippen LogP contribution in [0.25, 0.3) is 11.3 Å². The van der Waals surface area contributed by atoms with Crippen molar-refractivity contribution in [3.8, 4) is 11.3 Å². The number of carbonyl (C=O) groups is 2. The van der Waals surface area contributed by atoms with Crippen molar-refractivity contribution >= 4 is 41.2 Å². The summed E-state index contributed by atoms with van der Waals surface area (Å²) in [5.74, 6) is 0.271. The number of benzene rings is 2. The van der Waals surface area contributed by atoms with E-state index >= 15 is 0 Å². The Bertz CT molecular complexity index is 996. The third-order valence-corrected chi connectivity index (χ3v) is 4.16. The molecule has 0 unspecified atom stereocenters. The Labute approximate surface area is 171 Å². The fraction of sp³-hybridized carbons (Fsp3) is 0.0500. The lowest BCUT2D eigenvalue weighted by Crippen LogP contribution is -2.34. The molecule has 1 aromatic heterocycles. The van der Waals surface area contributed by atoms with Gasteiger partial charge < -0.3 is 9.73 Å². The van der Waals surface area contributed by atoms with E-state index in [4.69, 9.17) is 27.6 Å². The van der Waals surface area contributed by atoms with E-state index in [0.717, 1.165) is 5.56 Å². The molecule has 0 saturated heterocycles. The molecule has 8 heteroatoms. The number of rotatable bonds is 6. The van der Waals surface area contributed by atoms with Crippen LogP contribution >= 0.6 is 23.2 Å². The number of amides is 2. The molecule has 0 aliphatic heterocycles. The van der Waals surface area contributed by atoms with Crippen molar-refractivity contribution in [1.82, 2.24) is 10.7 Å². The van der Waals surface area contributed by atoms with Crippen molar-refractivity contribution in [1.29, 1.82) is 0 Å². The highest BCUT2D eigenvalue weighted by Gasteiger charge is 2.07. The third-order valence-electron chi connectivity index (χ3n) is 3.65. The van der Waals surface area contributed by atoms with E-state index in [0.29, 0.717) is 27.1 Å². The number of carbonyl (C=O) groups excluding carboxylic acids is 2. The normalized spacial score (nSPS) is 10.8. The molecule has 0 spiro atoms. The van der Waals surface area contributed by atoms with Gasteiger partial charge in [0.05, 0.1) is 12.8 Å². The molecule has 1 heterocycles. The predicted molar refractivity (Wildman–Crippen MR) is 109 cm³/mol. The van der Waals surface area contributed by atoms with Crippen molar-refractivity contribution in [2.45, 2.75) is 0 Å². The SMILES string of the molecule is O=C(CNC(=O)c1ccc(Cl)cc1)N/N=C\c1ccc(-c2ccc(Cl)cc2)o1. The van der Waals surface area contributed by atoms with Crippen LogP contribution in [0.3, 0.4) is 0 Å². The van der Waals surface area contributed by atoms with Crippen LogP contribution in [0.1, 0.15) is 16.1 Å². The first-order chi connectivity index (χ1) is 13.5. The smallest absolute Gasteiger partial charge is 0.259 e. The first-order valence-electron chi connectivity index (χ1n) is 8.23. The van der Waals surface area contributed by atoms with E-state index in [1.807, 2.05) is 12.1 Å². The van der Waals surface area contributed by atoms with Gasteiger partial charge in [-0.15, -0.1) is 0 Å². The molecular weight excluding hydrogens is 401 g/mol. The molecule has 28 heavy (non-hydrogen) atoms. The van der Waals surface area contributed by atoms with Gasteiger partial charge in [-0.25, -0.2) is 5.43 Å². The number of furan rings is 1. The Morgan fingerprint density at radius 3 is 2.25 bits per heavy atom. The Morgan fingerprint density at radius 1 is 0.929 bits per heavy atom. The molecule has 2 aromatic carbocycles. The zero-order valence-electron chi connectivity index (χ0n) is 14.5. The van der Waals surface area contributed by atoms with Gasteiger partial charge in [-0.1, -0.05) is 23.2 Å². The average molecular weight is 416 g/mol. The second-order valence-corrected chi connectivity index (χ2v) is 6.56. The van der Waals surface area contributed by atoms with Crippen molar-refractivity contribution in [3.05, 3.63) is 82.0 Å². The van der Waals surface area contributed by atoms with Crippen molar-refractivity contribution < 1.29 is 14.0 Å². The van der Waals surface area contributed by atoms with Crippen LogP contribution in [-0.4, -0.2) is 24.6 Å². The highest BCUT2D eigenvalue weighted by Crippen LogP contribution is 2.23. The molecule has 0 saturated carbocycles. The van der Waals surface area contributed by atoms with E-state index in [9.17, 15) is 9.59 Å². The van der Waals surface area contributed by atoms with Crippen LogP contribution in [0, 0.1) is 0 Å². The van der Waals surface area contributed by atoms with Crippen LogP contribution in [0.2, 0.25) is 10.0 Å². The second-order valence-electron chi connectivity index (χ2n) is 5.69. The van der Waals surface area contributed by atoms with Crippen LogP contribution in [-0.2, 0) is 4.79 Å². The van der Waals surface area contributed by atoms with E-state index in [-0.39, 0.29) is 12.5 Å². The molecule has 0 fully saturated rings. The monoisotopic (exact) mass is 415 g/mol. The van der Waals surface area contributed by atoms with Gasteiger partial charge in [-0.3, -0.25) is 9.59 Å². The van der Waals surface area contributed by atoms with E-state index in [1.54, 1.807) is 48.5 Å². The Balaban J connectivity index is 1.48. The summed E-state index contributed by atoms with van der Waals surface area (Å²) in [6, 6.07) is 17.1. The summed E-state index contributed by atoms with van der Waals surface area (Å²) >= 11 is 11.6.